The minimum absolute atomic E-state index is 0.00880. The van der Waals surface area contributed by atoms with Gasteiger partial charge in [-0.3, -0.25) is 0 Å². The van der Waals surface area contributed by atoms with Crippen LogP contribution in [0.25, 0.3) is 0 Å². The maximum absolute atomic E-state index is 12.9. The third-order valence-electron chi connectivity index (χ3n) is 2.62. The van der Waals surface area contributed by atoms with Gasteiger partial charge in [0, 0.05) is 17.3 Å². The predicted molar refractivity (Wildman–Crippen MR) is 76.4 cm³/mol. The van der Waals surface area contributed by atoms with Gasteiger partial charge in [0.05, 0.1) is 5.56 Å². The third-order valence-corrected chi connectivity index (χ3v) is 2.86. The lowest BCUT2D eigenvalue weighted by Crippen LogP contribution is -2.11. The van der Waals surface area contributed by atoms with E-state index in [9.17, 15) is 13.2 Å². The quantitative estimate of drug-likeness (QED) is 0.875. The highest BCUT2D eigenvalue weighted by Crippen LogP contribution is 2.37. The number of aromatic nitrogens is 1. The normalized spacial score (nSPS) is 11.2. The molecule has 1 heterocycles. The second-order valence-corrected chi connectivity index (χ2v) is 4.74. The summed E-state index contributed by atoms with van der Waals surface area (Å²) in [5, 5.41) is 0. The molecule has 0 unspecified atom stereocenters. The maximum atomic E-state index is 12.9. The predicted octanol–water partition coefficient (Wildman–Crippen LogP) is 3.84. The Morgan fingerprint density at radius 3 is 2.52 bits per heavy atom. The van der Waals surface area contributed by atoms with Crippen LogP contribution in [0.4, 0.5) is 13.2 Å². The van der Waals surface area contributed by atoms with Gasteiger partial charge in [-0.15, -0.1) is 0 Å². The fourth-order valence-electron chi connectivity index (χ4n) is 1.74. The maximum Gasteiger partial charge on any atom is 0.419 e. The van der Waals surface area contributed by atoms with Crippen LogP contribution in [0.1, 0.15) is 16.8 Å². The third kappa shape index (κ3) is 3.69. The Bertz CT molecular complexity index is 686. The molecule has 0 aliphatic carbocycles. The Morgan fingerprint density at radius 1 is 1.24 bits per heavy atom. The van der Waals surface area contributed by atoms with Crippen LogP contribution < -0.4 is 10.5 Å². The van der Waals surface area contributed by atoms with Gasteiger partial charge in [-0.05, 0) is 25.1 Å². The smallest absolute Gasteiger partial charge is 0.419 e. The fraction of sp³-hybridized carbons (Fsp3) is 0.143. The van der Waals surface area contributed by atoms with Crippen molar-refractivity contribution in [1.82, 2.24) is 4.98 Å². The molecule has 0 fully saturated rings. The minimum atomic E-state index is -4.51. The van der Waals surface area contributed by atoms with Crippen molar-refractivity contribution in [3.05, 3.63) is 53.2 Å². The molecule has 2 rings (SSSR count). The molecule has 0 radical (unpaired) electrons. The van der Waals surface area contributed by atoms with Crippen LogP contribution >= 0.6 is 12.2 Å². The topological polar surface area (TPSA) is 48.1 Å². The van der Waals surface area contributed by atoms with Crippen molar-refractivity contribution in [2.24, 2.45) is 5.73 Å². The van der Waals surface area contributed by atoms with Crippen LogP contribution in [-0.2, 0) is 6.18 Å². The Hall–Kier alpha value is -2.15. The van der Waals surface area contributed by atoms with Crippen molar-refractivity contribution >= 4 is 17.2 Å². The first-order chi connectivity index (χ1) is 9.77. The summed E-state index contributed by atoms with van der Waals surface area (Å²) in [4.78, 5) is 4.15. The lowest BCUT2D eigenvalue weighted by molar-refractivity contribution is -0.138. The number of hydrogen-bond acceptors (Lipinski definition) is 3. The number of thiocarbonyl (C=S) groups is 1. The largest absolute Gasteiger partial charge is 0.438 e. The highest BCUT2D eigenvalue weighted by molar-refractivity contribution is 7.80. The standard InChI is InChI=1S/C14H11F3N2OS/c1-8-6-9(13(18)21)7-12(19-8)20-11-5-3-2-4-10(11)14(15,16)17/h2-7H,1H3,(H2,18,21). The van der Waals surface area contributed by atoms with Crippen LogP contribution in [0.5, 0.6) is 11.6 Å². The first-order valence-electron chi connectivity index (χ1n) is 5.90. The molecule has 0 saturated carbocycles. The Balaban J connectivity index is 2.42. The number of halogens is 3. The average molecular weight is 312 g/mol. The van der Waals surface area contributed by atoms with E-state index in [1.54, 1.807) is 13.0 Å². The van der Waals surface area contributed by atoms with Gasteiger partial charge in [-0.2, -0.15) is 13.2 Å². The van der Waals surface area contributed by atoms with Crippen LogP contribution in [0, 0.1) is 6.92 Å². The number of para-hydroxylation sites is 1. The zero-order valence-corrected chi connectivity index (χ0v) is 11.8. The molecule has 0 atom stereocenters. The Labute approximate surface area is 124 Å². The average Bonchev–Trinajstić information content (AvgIpc) is 2.37. The first-order valence-corrected chi connectivity index (χ1v) is 6.31. The molecular weight excluding hydrogens is 301 g/mol. The summed E-state index contributed by atoms with van der Waals surface area (Å²) in [6, 6.07) is 7.95. The monoisotopic (exact) mass is 312 g/mol. The van der Waals surface area contributed by atoms with E-state index in [0.29, 0.717) is 11.3 Å². The highest BCUT2D eigenvalue weighted by atomic mass is 32.1. The zero-order valence-electron chi connectivity index (χ0n) is 10.9. The Kier molecular flexibility index (Phi) is 4.13. The Morgan fingerprint density at radius 2 is 1.90 bits per heavy atom. The number of hydrogen-bond donors (Lipinski definition) is 1. The first kappa shape index (κ1) is 15.2. The number of benzene rings is 1. The van der Waals surface area contributed by atoms with E-state index in [4.69, 9.17) is 22.7 Å². The summed E-state index contributed by atoms with van der Waals surface area (Å²) < 4.78 is 44.0. The molecular formula is C14H11F3N2OS. The van der Waals surface area contributed by atoms with Gasteiger partial charge in [0.1, 0.15) is 10.7 Å². The van der Waals surface area contributed by atoms with Crippen LogP contribution in [-0.4, -0.2) is 9.97 Å². The second kappa shape index (κ2) is 5.69. The van der Waals surface area contributed by atoms with Gasteiger partial charge in [0.2, 0.25) is 5.88 Å². The summed E-state index contributed by atoms with van der Waals surface area (Å²) in [7, 11) is 0. The molecule has 0 spiro atoms. The molecule has 1 aromatic carbocycles. The SMILES string of the molecule is Cc1cc(C(N)=S)cc(Oc2ccccc2C(F)(F)F)n1. The van der Waals surface area contributed by atoms with E-state index in [-0.39, 0.29) is 16.6 Å². The number of nitrogens with two attached hydrogens (primary N) is 1. The van der Waals surface area contributed by atoms with Crippen molar-refractivity contribution in [1.29, 1.82) is 0 Å². The number of rotatable bonds is 3. The van der Waals surface area contributed by atoms with Crippen molar-refractivity contribution in [3.63, 3.8) is 0 Å². The number of nitrogens with zero attached hydrogens (tertiary/aromatic N) is 1. The molecule has 110 valence electrons. The van der Waals surface area contributed by atoms with Crippen LogP contribution in [0.3, 0.4) is 0 Å². The van der Waals surface area contributed by atoms with Gasteiger partial charge in [-0.1, -0.05) is 24.4 Å². The van der Waals surface area contributed by atoms with Gasteiger partial charge in [0.15, 0.2) is 0 Å². The van der Waals surface area contributed by atoms with Gasteiger partial charge in [0.25, 0.3) is 0 Å². The number of aryl methyl sites for hydroxylation is 1. The van der Waals surface area contributed by atoms with Gasteiger partial charge < -0.3 is 10.5 Å². The minimum Gasteiger partial charge on any atom is -0.438 e. The number of alkyl halides is 3. The van der Waals surface area contributed by atoms with E-state index in [0.717, 1.165) is 6.07 Å². The summed E-state index contributed by atoms with van der Waals surface area (Å²) in [5.74, 6) is -0.313. The summed E-state index contributed by atoms with van der Waals surface area (Å²) in [6.45, 7) is 1.67. The lowest BCUT2D eigenvalue weighted by Gasteiger charge is -2.13. The molecule has 0 aliphatic rings. The molecule has 7 heteroatoms. The second-order valence-electron chi connectivity index (χ2n) is 4.30. The highest BCUT2D eigenvalue weighted by Gasteiger charge is 2.34. The van der Waals surface area contributed by atoms with Crippen molar-refractivity contribution < 1.29 is 17.9 Å². The van der Waals surface area contributed by atoms with E-state index < -0.39 is 11.7 Å². The molecule has 1 aromatic heterocycles. The van der Waals surface area contributed by atoms with E-state index >= 15 is 0 Å². The molecule has 0 saturated heterocycles. The molecule has 2 N–H and O–H groups in total. The summed E-state index contributed by atoms with van der Waals surface area (Å²) in [6.07, 6.45) is -4.51. The van der Waals surface area contributed by atoms with E-state index in [1.165, 1.54) is 24.3 Å². The van der Waals surface area contributed by atoms with Crippen molar-refractivity contribution in [3.8, 4) is 11.6 Å². The van der Waals surface area contributed by atoms with Gasteiger partial charge in [-0.25, -0.2) is 4.98 Å². The number of ether oxygens (including phenoxy) is 1. The molecule has 21 heavy (non-hydrogen) atoms. The van der Waals surface area contributed by atoms with E-state index in [1.807, 2.05) is 0 Å². The summed E-state index contributed by atoms with van der Waals surface area (Å²) >= 11 is 4.85. The lowest BCUT2D eigenvalue weighted by atomic mass is 10.2. The van der Waals surface area contributed by atoms with E-state index in [2.05, 4.69) is 4.98 Å². The van der Waals surface area contributed by atoms with Crippen LogP contribution in [0.15, 0.2) is 36.4 Å². The van der Waals surface area contributed by atoms with Crippen LogP contribution in [0.2, 0.25) is 0 Å². The number of pyridine rings is 1. The van der Waals surface area contributed by atoms with Crippen molar-refractivity contribution in [2.75, 3.05) is 0 Å². The molecule has 0 aliphatic heterocycles. The molecule has 2 aromatic rings. The van der Waals surface area contributed by atoms with Crippen molar-refractivity contribution in [2.45, 2.75) is 13.1 Å². The molecule has 0 bridgehead atoms. The molecule has 0 amide bonds. The summed E-state index contributed by atoms with van der Waals surface area (Å²) in [5.41, 5.74) is 5.67. The zero-order chi connectivity index (χ0) is 15.6. The fourth-order valence-corrected chi connectivity index (χ4v) is 1.85. The van der Waals surface area contributed by atoms with Gasteiger partial charge >= 0.3 is 6.18 Å². The molecule has 3 nitrogen and oxygen atoms in total.